The first-order valence-electron chi connectivity index (χ1n) is 6.56. The van der Waals surface area contributed by atoms with E-state index in [4.69, 9.17) is 0 Å². The molecule has 0 saturated heterocycles. The number of hydrogen-bond acceptors (Lipinski definition) is 2. The lowest BCUT2D eigenvalue weighted by molar-refractivity contribution is 0.0827. The van der Waals surface area contributed by atoms with Crippen molar-refractivity contribution in [1.29, 1.82) is 0 Å². The number of nitrogens with one attached hydrogen (secondary N) is 1. The van der Waals surface area contributed by atoms with Crippen LogP contribution in [0.3, 0.4) is 0 Å². The Balaban J connectivity index is 2.14. The van der Waals surface area contributed by atoms with Gasteiger partial charge in [0.15, 0.2) is 0 Å². The molecule has 1 aliphatic carbocycles. The second-order valence-electron chi connectivity index (χ2n) is 5.65. The van der Waals surface area contributed by atoms with Crippen LogP contribution in [-0.4, -0.2) is 30.9 Å². The first-order valence-corrected chi connectivity index (χ1v) is 6.56. The Morgan fingerprint density at radius 2 is 2.00 bits per heavy atom. The van der Waals surface area contributed by atoms with Gasteiger partial charge in [0.2, 0.25) is 0 Å². The fourth-order valence-corrected chi connectivity index (χ4v) is 2.41. The predicted octanol–water partition coefficient (Wildman–Crippen LogP) is 2.91. The van der Waals surface area contributed by atoms with Crippen molar-refractivity contribution in [3.05, 3.63) is 29.3 Å². The molecule has 0 radical (unpaired) electrons. The maximum atomic E-state index is 11.9. The molecule has 1 aliphatic rings. The van der Waals surface area contributed by atoms with Crippen LogP contribution in [-0.2, 0) is 0 Å². The Hall–Kier alpha value is -1.51. The fraction of sp³-hybridized carbons (Fsp3) is 0.533. The summed E-state index contributed by atoms with van der Waals surface area (Å²) in [6, 6.07) is 6.46. The van der Waals surface area contributed by atoms with Crippen LogP contribution < -0.4 is 5.32 Å². The molecule has 1 saturated carbocycles. The Morgan fingerprint density at radius 1 is 1.33 bits per heavy atom. The first-order chi connectivity index (χ1) is 8.47. The maximum Gasteiger partial charge on any atom is 0.253 e. The van der Waals surface area contributed by atoms with E-state index in [1.807, 2.05) is 18.2 Å². The topological polar surface area (TPSA) is 32.3 Å². The lowest BCUT2D eigenvalue weighted by Crippen LogP contribution is -2.34. The highest BCUT2D eigenvalue weighted by Crippen LogP contribution is 2.30. The molecule has 1 amide bonds. The zero-order valence-electron chi connectivity index (χ0n) is 11.7. The number of nitrogens with zero attached hydrogens (tertiary/aromatic N) is 1. The van der Waals surface area contributed by atoms with Crippen molar-refractivity contribution in [3.63, 3.8) is 0 Å². The number of hydrogen-bond donors (Lipinski definition) is 1. The van der Waals surface area contributed by atoms with E-state index < -0.39 is 0 Å². The van der Waals surface area contributed by atoms with E-state index in [0.717, 1.165) is 17.2 Å². The number of aryl methyl sites for hydroxylation is 1. The number of amides is 1. The molecule has 0 aliphatic heterocycles. The van der Waals surface area contributed by atoms with Crippen LogP contribution in [0.25, 0.3) is 0 Å². The molecule has 0 unspecified atom stereocenters. The summed E-state index contributed by atoms with van der Waals surface area (Å²) in [6.45, 7) is 4.35. The van der Waals surface area contributed by atoms with E-state index in [0.29, 0.717) is 6.04 Å². The number of rotatable bonds is 3. The zero-order valence-corrected chi connectivity index (χ0v) is 11.7. The molecule has 0 atom stereocenters. The smallest absolute Gasteiger partial charge is 0.253 e. The highest BCUT2D eigenvalue weighted by molar-refractivity contribution is 5.95. The van der Waals surface area contributed by atoms with Gasteiger partial charge in [-0.2, -0.15) is 0 Å². The van der Waals surface area contributed by atoms with Gasteiger partial charge < -0.3 is 10.2 Å². The standard InChI is InChI=1S/C15H22N2O/c1-10-7-13(8-10)16-14-9-12(6-5-11(14)2)15(18)17(3)4/h5-6,9-10,13,16H,7-8H2,1-4H3. The van der Waals surface area contributed by atoms with Gasteiger partial charge in [0.25, 0.3) is 5.91 Å². The minimum atomic E-state index is 0.0556. The molecule has 1 fully saturated rings. The van der Waals surface area contributed by atoms with Gasteiger partial charge in [-0.3, -0.25) is 4.79 Å². The molecule has 3 heteroatoms. The van der Waals surface area contributed by atoms with E-state index in [2.05, 4.69) is 19.2 Å². The minimum Gasteiger partial charge on any atom is -0.382 e. The monoisotopic (exact) mass is 246 g/mol. The molecule has 3 nitrogen and oxygen atoms in total. The second kappa shape index (κ2) is 5.01. The van der Waals surface area contributed by atoms with Crippen LogP contribution in [0.5, 0.6) is 0 Å². The average molecular weight is 246 g/mol. The summed E-state index contributed by atoms with van der Waals surface area (Å²) >= 11 is 0. The molecule has 0 heterocycles. The van der Waals surface area contributed by atoms with Gasteiger partial charge in [0.05, 0.1) is 0 Å². The van der Waals surface area contributed by atoms with E-state index in [1.54, 1.807) is 19.0 Å². The van der Waals surface area contributed by atoms with Crippen LogP contribution in [0, 0.1) is 12.8 Å². The van der Waals surface area contributed by atoms with Crippen molar-refractivity contribution in [3.8, 4) is 0 Å². The van der Waals surface area contributed by atoms with Crippen molar-refractivity contribution in [2.45, 2.75) is 32.7 Å². The van der Waals surface area contributed by atoms with Gasteiger partial charge in [-0.1, -0.05) is 13.0 Å². The summed E-state index contributed by atoms with van der Waals surface area (Å²) in [5, 5.41) is 3.54. The summed E-state index contributed by atoms with van der Waals surface area (Å²) in [5.74, 6) is 0.884. The Kier molecular flexibility index (Phi) is 3.60. The van der Waals surface area contributed by atoms with Gasteiger partial charge in [-0.15, -0.1) is 0 Å². The van der Waals surface area contributed by atoms with E-state index in [-0.39, 0.29) is 5.91 Å². The molecular weight excluding hydrogens is 224 g/mol. The zero-order chi connectivity index (χ0) is 13.3. The van der Waals surface area contributed by atoms with Crippen molar-refractivity contribution < 1.29 is 4.79 Å². The van der Waals surface area contributed by atoms with Crippen LogP contribution in [0.4, 0.5) is 5.69 Å². The predicted molar refractivity (Wildman–Crippen MR) is 75.0 cm³/mol. The maximum absolute atomic E-state index is 11.9. The summed E-state index contributed by atoms with van der Waals surface area (Å²) in [4.78, 5) is 13.5. The largest absolute Gasteiger partial charge is 0.382 e. The second-order valence-corrected chi connectivity index (χ2v) is 5.65. The van der Waals surface area contributed by atoms with Gasteiger partial charge >= 0.3 is 0 Å². The van der Waals surface area contributed by atoms with Crippen LogP contribution >= 0.6 is 0 Å². The van der Waals surface area contributed by atoms with Gasteiger partial charge in [0.1, 0.15) is 0 Å². The summed E-state index contributed by atoms with van der Waals surface area (Å²) in [5.41, 5.74) is 3.05. The van der Waals surface area contributed by atoms with Gasteiger partial charge in [0, 0.05) is 31.4 Å². The third kappa shape index (κ3) is 2.66. The van der Waals surface area contributed by atoms with Crippen LogP contribution in [0.1, 0.15) is 35.7 Å². The number of benzene rings is 1. The SMILES string of the molecule is Cc1ccc(C(=O)N(C)C)cc1NC1CC(C)C1. The third-order valence-corrected chi connectivity index (χ3v) is 3.62. The van der Waals surface area contributed by atoms with E-state index in [1.165, 1.54) is 18.4 Å². The Bertz CT molecular complexity index is 448. The molecular formula is C15H22N2O. The minimum absolute atomic E-state index is 0.0556. The quantitative estimate of drug-likeness (QED) is 0.889. The lowest BCUT2D eigenvalue weighted by Gasteiger charge is -2.34. The first kappa shape index (κ1) is 12.9. The van der Waals surface area contributed by atoms with Crippen molar-refractivity contribution in [1.82, 2.24) is 4.90 Å². The molecule has 0 bridgehead atoms. The van der Waals surface area contributed by atoms with Gasteiger partial charge in [-0.05, 0) is 43.4 Å². The molecule has 18 heavy (non-hydrogen) atoms. The van der Waals surface area contributed by atoms with Crippen LogP contribution in [0.2, 0.25) is 0 Å². The lowest BCUT2D eigenvalue weighted by atomic mass is 9.81. The third-order valence-electron chi connectivity index (χ3n) is 3.62. The molecule has 1 aromatic carbocycles. The average Bonchev–Trinajstić information content (AvgIpc) is 2.28. The molecule has 0 spiro atoms. The molecule has 98 valence electrons. The van der Waals surface area contributed by atoms with E-state index in [9.17, 15) is 4.79 Å². The summed E-state index contributed by atoms with van der Waals surface area (Å²) in [7, 11) is 3.56. The fourth-order valence-electron chi connectivity index (χ4n) is 2.41. The Morgan fingerprint density at radius 3 is 2.56 bits per heavy atom. The van der Waals surface area contributed by atoms with Crippen molar-refractivity contribution in [2.24, 2.45) is 5.92 Å². The molecule has 2 rings (SSSR count). The Labute approximate surface area is 109 Å². The number of anilines is 1. The van der Waals surface area contributed by atoms with E-state index >= 15 is 0 Å². The molecule has 1 aromatic rings. The van der Waals surface area contributed by atoms with Crippen LogP contribution in [0.15, 0.2) is 18.2 Å². The molecule has 1 N–H and O–H groups in total. The highest BCUT2D eigenvalue weighted by atomic mass is 16.2. The number of carbonyl (C=O) groups is 1. The summed E-state index contributed by atoms with van der Waals surface area (Å²) in [6.07, 6.45) is 2.45. The van der Waals surface area contributed by atoms with Gasteiger partial charge in [-0.25, -0.2) is 0 Å². The highest BCUT2D eigenvalue weighted by Gasteiger charge is 2.25. The van der Waals surface area contributed by atoms with Crippen molar-refractivity contribution in [2.75, 3.05) is 19.4 Å². The number of carbonyl (C=O) groups excluding carboxylic acids is 1. The molecule has 0 aromatic heterocycles. The normalized spacial score (nSPS) is 22.2. The summed E-state index contributed by atoms with van der Waals surface area (Å²) < 4.78 is 0. The van der Waals surface area contributed by atoms with Crippen molar-refractivity contribution >= 4 is 11.6 Å².